The maximum atomic E-state index is 10.9. The number of carboxylic acids is 1. The van der Waals surface area contributed by atoms with E-state index in [-0.39, 0.29) is 13.0 Å². The van der Waals surface area contributed by atoms with Crippen LogP contribution in [0.5, 0.6) is 0 Å². The van der Waals surface area contributed by atoms with Gasteiger partial charge in [-0.05, 0) is 0 Å². The van der Waals surface area contributed by atoms with Crippen molar-refractivity contribution in [3.05, 3.63) is 0 Å². The van der Waals surface area contributed by atoms with Crippen LogP contribution in [0.4, 0.5) is 0 Å². The molecule has 0 saturated carbocycles. The molecule has 0 aliphatic carbocycles. The summed E-state index contributed by atoms with van der Waals surface area (Å²) < 4.78 is 4.87. The number of rotatable bonds is 3. The highest BCUT2D eigenvalue weighted by Gasteiger charge is 2.40. The van der Waals surface area contributed by atoms with E-state index in [4.69, 9.17) is 14.7 Å². The maximum absolute atomic E-state index is 10.9. The number of hydroxylamine groups is 2. The van der Waals surface area contributed by atoms with Crippen molar-refractivity contribution < 1.29 is 29.1 Å². The van der Waals surface area contributed by atoms with E-state index in [9.17, 15) is 14.4 Å². The van der Waals surface area contributed by atoms with Gasteiger partial charge in [-0.25, -0.2) is 0 Å². The summed E-state index contributed by atoms with van der Waals surface area (Å²) in [5.74, 6) is -2.20. The van der Waals surface area contributed by atoms with E-state index in [1.807, 2.05) is 0 Å². The van der Waals surface area contributed by atoms with Crippen molar-refractivity contribution in [1.29, 1.82) is 0 Å². The largest absolute Gasteiger partial charge is 0.480 e. The molecule has 0 amide bonds. The maximum Gasteiger partial charge on any atom is 0.324 e. The standard InChI is InChI=1S/C9H13NO6/c1-5(11)15-7-3-8(9(13)14)10(4-7)16-6(2)12/h7-8H,3-4H2,1-2H3,(H,13,14)/t7-,8+/m1/s1. The highest BCUT2D eigenvalue weighted by Crippen LogP contribution is 2.21. The summed E-state index contributed by atoms with van der Waals surface area (Å²) in [7, 11) is 0. The van der Waals surface area contributed by atoms with Crippen LogP contribution in [-0.4, -0.2) is 46.8 Å². The van der Waals surface area contributed by atoms with Crippen LogP contribution in [0.15, 0.2) is 0 Å². The highest BCUT2D eigenvalue weighted by molar-refractivity contribution is 5.74. The van der Waals surface area contributed by atoms with Gasteiger partial charge >= 0.3 is 17.9 Å². The molecule has 0 aromatic heterocycles. The Balaban J connectivity index is 2.64. The minimum Gasteiger partial charge on any atom is -0.480 e. The molecule has 1 rings (SSSR count). The summed E-state index contributed by atoms with van der Waals surface area (Å²) in [6.45, 7) is 2.50. The summed E-state index contributed by atoms with van der Waals surface area (Å²) >= 11 is 0. The van der Waals surface area contributed by atoms with Gasteiger partial charge in [0, 0.05) is 20.3 Å². The van der Waals surface area contributed by atoms with Gasteiger partial charge in [0.1, 0.15) is 12.1 Å². The zero-order valence-corrected chi connectivity index (χ0v) is 9.00. The first kappa shape index (κ1) is 12.4. The van der Waals surface area contributed by atoms with E-state index in [1.54, 1.807) is 0 Å². The van der Waals surface area contributed by atoms with E-state index in [2.05, 4.69) is 0 Å². The molecule has 0 spiro atoms. The van der Waals surface area contributed by atoms with Gasteiger partial charge in [-0.1, -0.05) is 0 Å². The summed E-state index contributed by atoms with van der Waals surface area (Å²) in [4.78, 5) is 37.0. The third-order valence-corrected chi connectivity index (χ3v) is 2.08. The third kappa shape index (κ3) is 3.20. The Morgan fingerprint density at radius 3 is 2.31 bits per heavy atom. The fraction of sp³-hybridized carbons (Fsp3) is 0.667. The number of ether oxygens (including phenoxy) is 1. The fourth-order valence-corrected chi connectivity index (χ4v) is 1.58. The number of aliphatic carboxylic acids is 1. The van der Waals surface area contributed by atoms with Gasteiger partial charge in [0.25, 0.3) is 0 Å². The van der Waals surface area contributed by atoms with Gasteiger partial charge in [0.05, 0.1) is 6.54 Å². The second kappa shape index (κ2) is 4.93. The lowest BCUT2D eigenvalue weighted by molar-refractivity contribution is -0.197. The molecular weight excluding hydrogens is 218 g/mol. The van der Waals surface area contributed by atoms with Crippen LogP contribution in [0.25, 0.3) is 0 Å². The number of nitrogens with zero attached hydrogens (tertiary/aromatic N) is 1. The first-order chi connectivity index (χ1) is 7.40. The topological polar surface area (TPSA) is 93.1 Å². The van der Waals surface area contributed by atoms with E-state index in [0.717, 1.165) is 5.06 Å². The molecule has 1 fully saturated rings. The quantitative estimate of drug-likeness (QED) is 0.658. The molecular formula is C9H13NO6. The van der Waals surface area contributed by atoms with Gasteiger partial charge in [-0.15, -0.1) is 5.06 Å². The molecule has 1 heterocycles. The van der Waals surface area contributed by atoms with Gasteiger partial charge in [0.15, 0.2) is 0 Å². The molecule has 0 aromatic rings. The lowest BCUT2D eigenvalue weighted by Crippen LogP contribution is -2.37. The van der Waals surface area contributed by atoms with Crippen LogP contribution in [0.2, 0.25) is 0 Å². The van der Waals surface area contributed by atoms with Crippen molar-refractivity contribution >= 4 is 17.9 Å². The second-order valence-electron chi connectivity index (χ2n) is 3.50. The van der Waals surface area contributed by atoms with Crippen LogP contribution in [0, 0.1) is 0 Å². The molecule has 1 aliphatic rings. The molecule has 0 unspecified atom stereocenters. The first-order valence-electron chi connectivity index (χ1n) is 4.75. The minimum atomic E-state index is -1.11. The SMILES string of the molecule is CC(=O)O[C@@H]1C[C@@H](C(=O)O)N(OC(C)=O)C1. The van der Waals surface area contributed by atoms with Gasteiger partial charge < -0.3 is 14.7 Å². The number of hydrogen-bond acceptors (Lipinski definition) is 6. The first-order valence-corrected chi connectivity index (χ1v) is 4.75. The van der Waals surface area contributed by atoms with Gasteiger partial charge in [-0.3, -0.25) is 14.4 Å². The molecule has 1 N–H and O–H groups in total. The molecule has 0 radical (unpaired) electrons. The Labute approximate surface area is 91.9 Å². The Morgan fingerprint density at radius 2 is 1.88 bits per heavy atom. The van der Waals surface area contributed by atoms with Crippen LogP contribution in [-0.2, 0) is 24.0 Å². The predicted octanol–water partition coefficient (Wildman–Crippen LogP) is -0.445. The normalized spacial score (nSPS) is 25.1. The average molecular weight is 231 g/mol. The van der Waals surface area contributed by atoms with E-state index >= 15 is 0 Å². The smallest absolute Gasteiger partial charge is 0.324 e. The van der Waals surface area contributed by atoms with Crippen molar-refractivity contribution in [3.63, 3.8) is 0 Å². The number of carboxylic acid groups (broad SMARTS) is 1. The second-order valence-corrected chi connectivity index (χ2v) is 3.50. The summed E-state index contributed by atoms with van der Waals surface area (Å²) in [6.07, 6.45) is -0.444. The zero-order chi connectivity index (χ0) is 12.3. The fourth-order valence-electron chi connectivity index (χ4n) is 1.58. The van der Waals surface area contributed by atoms with Crippen molar-refractivity contribution in [3.8, 4) is 0 Å². The van der Waals surface area contributed by atoms with E-state index < -0.39 is 30.1 Å². The molecule has 1 saturated heterocycles. The Kier molecular flexibility index (Phi) is 3.83. The van der Waals surface area contributed by atoms with Crippen molar-refractivity contribution in [1.82, 2.24) is 5.06 Å². The van der Waals surface area contributed by atoms with Crippen molar-refractivity contribution in [2.75, 3.05) is 6.54 Å². The number of hydrogen-bond donors (Lipinski definition) is 1. The molecule has 1 aliphatic heterocycles. The lowest BCUT2D eigenvalue weighted by atomic mass is 10.2. The lowest BCUT2D eigenvalue weighted by Gasteiger charge is -2.18. The van der Waals surface area contributed by atoms with Crippen LogP contribution >= 0.6 is 0 Å². The summed E-state index contributed by atoms with van der Waals surface area (Å²) in [5.41, 5.74) is 0. The average Bonchev–Trinajstić information content (AvgIpc) is 2.45. The Morgan fingerprint density at radius 1 is 1.25 bits per heavy atom. The molecule has 0 bridgehead atoms. The Hall–Kier alpha value is -1.63. The van der Waals surface area contributed by atoms with Crippen LogP contribution in [0.3, 0.4) is 0 Å². The van der Waals surface area contributed by atoms with Crippen LogP contribution < -0.4 is 0 Å². The molecule has 2 atom stereocenters. The van der Waals surface area contributed by atoms with Crippen molar-refractivity contribution in [2.45, 2.75) is 32.4 Å². The number of carbonyl (C=O) groups excluding carboxylic acids is 2. The monoisotopic (exact) mass is 231 g/mol. The van der Waals surface area contributed by atoms with E-state index in [1.165, 1.54) is 13.8 Å². The summed E-state index contributed by atoms with van der Waals surface area (Å²) in [5, 5.41) is 9.90. The molecule has 0 aromatic carbocycles. The van der Waals surface area contributed by atoms with Crippen molar-refractivity contribution in [2.24, 2.45) is 0 Å². The minimum absolute atomic E-state index is 0.0795. The third-order valence-electron chi connectivity index (χ3n) is 2.08. The van der Waals surface area contributed by atoms with Gasteiger partial charge in [-0.2, -0.15) is 0 Å². The highest BCUT2D eigenvalue weighted by atomic mass is 16.7. The summed E-state index contributed by atoms with van der Waals surface area (Å²) in [6, 6.07) is -0.965. The molecule has 7 nitrogen and oxygen atoms in total. The molecule has 7 heteroatoms. The van der Waals surface area contributed by atoms with Crippen LogP contribution in [0.1, 0.15) is 20.3 Å². The molecule has 90 valence electrons. The Bertz CT molecular complexity index is 315. The van der Waals surface area contributed by atoms with E-state index in [0.29, 0.717) is 0 Å². The van der Waals surface area contributed by atoms with Gasteiger partial charge in [0.2, 0.25) is 0 Å². The number of carbonyl (C=O) groups is 3. The molecule has 16 heavy (non-hydrogen) atoms. The predicted molar refractivity (Wildman–Crippen MR) is 50.1 cm³/mol. The zero-order valence-electron chi connectivity index (χ0n) is 9.00. The number of esters is 1.